The average molecular weight is 314 g/mol. The topological polar surface area (TPSA) is 58.4 Å². The van der Waals surface area contributed by atoms with Gasteiger partial charge in [-0.15, -0.1) is 0 Å². The van der Waals surface area contributed by atoms with Crippen molar-refractivity contribution in [3.63, 3.8) is 0 Å². The number of rotatable bonds is 5. The molecule has 0 atom stereocenters. The highest BCUT2D eigenvalue weighted by molar-refractivity contribution is 9.10. The lowest BCUT2D eigenvalue weighted by Crippen LogP contribution is -2.38. The van der Waals surface area contributed by atoms with Crippen molar-refractivity contribution in [2.45, 2.75) is 26.4 Å². The summed E-state index contributed by atoms with van der Waals surface area (Å²) in [7, 11) is 1.89. The molecule has 0 saturated heterocycles. The van der Waals surface area contributed by atoms with E-state index in [0.29, 0.717) is 13.1 Å². The Hall–Kier alpha value is -1.07. The molecule has 0 radical (unpaired) electrons. The van der Waals surface area contributed by atoms with Gasteiger partial charge in [0, 0.05) is 35.4 Å². The number of hydrogen-bond donors (Lipinski definition) is 2. The molecule has 1 aromatic rings. The Balaban J connectivity index is 2.81. The number of nitrogens with one attached hydrogen (secondary N) is 1. The van der Waals surface area contributed by atoms with E-state index in [-0.39, 0.29) is 11.9 Å². The predicted molar refractivity (Wildman–Crippen MR) is 78.6 cm³/mol. The maximum Gasteiger partial charge on any atom is 0.239 e. The Labute approximate surface area is 117 Å². The number of anilines is 1. The monoisotopic (exact) mass is 313 g/mol. The number of carbonyl (C=O) groups is 1. The zero-order valence-electron chi connectivity index (χ0n) is 11.0. The van der Waals surface area contributed by atoms with Crippen LogP contribution in [0.25, 0.3) is 0 Å². The molecule has 0 aliphatic heterocycles. The first-order valence-electron chi connectivity index (χ1n) is 5.93. The molecule has 4 nitrogen and oxygen atoms in total. The predicted octanol–water partition coefficient (Wildman–Crippen LogP) is 1.87. The molecule has 0 heterocycles. The molecule has 0 bridgehead atoms. The van der Waals surface area contributed by atoms with Crippen LogP contribution in [-0.2, 0) is 11.3 Å². The Morgan fingerprint density at radius 2 is 2.17 bits per heavy atom. The molecule has 3 N–H and O–H groups in total. The summed E-state index contributed by atoms with van der Waals surface area (Å²) >= 11 is 3.47. The minimum Gasteiger partial charge on any atom is -0.365 e. The van der Waals surface area contributed by atoms with Gasteiger partial charge in [0.15, 0.2) is 0 Å². The first-order chi connectivity index (χ1) is 8.45. The van der Waals surface area contributed by atoms with Gasteiger partial charge >= 0.3 is 0 Å². The van der Waals surface area contributed by atoms with Crippen LogP contribution in [0, 0.1) is 0 Å². The highest BCUT2D eigenvalue weighted by Crippen LogP contribution is 2.26. The van der Waals surface area contributed by atoms with Gasteiger partial charge < -0.3 is 16.0 Å². The van der Waals surface area contributed by atoms with Crippen LogP contribution in [0.3, 0.4) is 0 Å². The van der Waals surface area contributed by atoms with Gasteiger partial charge in [-0.05, 0) is 26.0 Å². The number of benzene rings is 1. The number of hydrogen-bond acceptors (Lipinski definition) is 3. The molecule has 18 heavy (non-hydrogen) atoms. The SMILES string of the molecule is CC(C)NC(=O)CN(C)c1cccc(Br)c1CN. The van der Waals surface area contributed by atoms with Crippen molar-refractivity contribution in [1.82, 2.24) is 5.32 Å². The Bertz CT molecular complexity index is 421. The lowest BCUT2D eigenvalue weighted by atomic mass is 10.1. The number of carbonyl (C=O) groups excluding carboxylic acids is 1. The van der Waals surface area contributed by atoms with E-state index >= 15 is 0 Å². The molecule has 1 rings (SSSR count). The van der Waals surface area contributed by atoms with Crippen LogP contribution in [0.1, 0.15) is 19.4 Å². The molecule has 0 saturated carbocycles. The van der Waals surface area contributed by atoms with Crippen LogP contribution in [0.4, 0.5) is 5.69 Å². The number of likely N-dealkylation sites (N-methyl/N-ethyl adjacent to an activating group) is 1. The van der Waals surface area contributed by atoms with Gasteiger partial charge in [-0.2, -0.15) is 0 Å². The molecule has 0 aromatic heterocycles. The second-order valence-electron chi connectivity index (χ2n) is 4.52. The molecule has 5 heteroatoms. The summed E-state index contributed by atoms with van der Waals surface area (Å²) in [5, 5.41) is 2.87. The van der Waals surface area contributed by atoms with Crippen molar-refractivity contribution in [3.8, 4) is 0 Å². The average Bonchev–Trinajstić information content (AvgIpc) is 2.27. The van der Waals surface area contributed by atoms with Gasteiger partial charge in [-0.3, -0.25) is 4.79 Å². The van der Waals surface area contributed by atoms with E-state index in [2.05, 4.69) is 21.2 Å². The minimum absolute atomic E-state index is 0.00967. The number of nitrogens with zero attached hydrogens (tertiary/aromatic N) is 1. The van der Waals surface area contributed by atoms with E-state index in [0.717, 1.165) is 15.7 Å². The van der Waals surface area contributed by atoms with Crippen molar-refractivity contribution >= 4 is 27.5 Å². The van der Waals surface area contributed by atoms with E-state index in [1.807, 2.05) is 44.0 Å². The Morgan fingerprint density at radius 3 is 2.72 bits per heavy atom. The highest BCUT2D eigenvalue weighted by atomic mass is 79.9. The summed E-state index contributed by atoms with van der Waals surface area (Å²) in [6.07, 6.45) is 0. The second kappa shape index (κ2) is 6.75. The van der Waals surface area contributed by atoms with Gasteiger partial charge in [-0.1, -0.05) is 22.0 Å². The summed E-state index contributed by atoms with van der Waals surface area (Å²) in [6, 6.07) is 6.01. The van der Waals surface area contributed by atoms with Gasteiger partial charge in [0.05, 0.1) is 6.54 Å². The quantitative estimate of drug-likeness (QED) is 0.872. The number of amides is 1. The van der Waals surface area contributed by atoms with Crippen molar-refractivity contribution in [2.75, 3.05) is 18.5 Å². The third kappa shape index (κ3) is 3.99. The first-order valence-corrected chi connectivity index (χ1v) is 6.73. The highest BCUT2D eigenvalue weighted by Gasteiger charge is 2.12. The number of nitrogens with two attached hydrogens (primary N) is 1. The van der Waals surface area contributed by atoms with E-state index in [9.17, 15) is 4.79 Å². The molecule has 1 aromatic carbocycles. The molecular weight excluding hydrogens is 294 g/mol. The van der Waals surface area contributed by atoms with E-state index in [1.54, 1.807) is 0 Å². The smallest absolute Gasteiger partial charge is 0.239 e. The third-order valence-electron chi connectivity index (χ3n) is 2.54. The normalized spacial score (nSPS) is 10.6. The summed E-state index contributed by atoms with van der Waals surface area (Å²) < 4.78 is 0.971. The molecular formula is C13H20BrN3O. The zero-order chi connectivity index (χ0) is 13.7. The molecule has 0 unspecified atom stereocenters. The van der Waals surface area contributed by atoms with E-state index in [4.69, 9.17) is 5.73 Å². The number of halogens is 1. The minimum atomic E-state index is 0.00967. The van der Waals surface area contributed by atoms with E-state index in [1.165, 1.54) is 0 Å². The van der Waals surface area contributed by atoms with Crippen molar-refractivity contribution < 1.29 is 4.79 Å². The summed E-state index contributed by atoms with van der Waals surface area (Å²) in [5.74, 6) is 0.00967. The second-order valence-corrected chi connectivity index (χ2v) is 5.37. The van der Waals surface area contributed by atoms with Gasteiger partial charge in [0.2, 0.25) is 5.91 Å². The molecule has 0 spiro atoms. The Morgan fingerprint density at radius 1 is 1.50 bits per heavy atom. The van der Waals surface area contributed by atoms with Crippen molar-refractivity contribution in [3.05, 3.63) is 28.2 Å². The molecule has 0 fully saturated rings. The Kier molecular flexibility index (Phi) is 5.62. The molecule has 0 aliphatic rings. The lowest BCUT2D eigenvalue weighted by Gasteiger charge is -2.23. The van der Waals surface area contributed by atoms with Crippen molar-refractivity contribution in [2.24, 2.45) is 5.73 Å². The van der Waals surface area contributed by atoms with Gasteiger partial charge in [0.1, 0.15) is 0 Å². The summed E-state index contributed by atoms with van der Waals surface area (Å²) in [6.45, 7) is 4.65. The fourth-order valence-corrected chi connectivity index (χ4v) is 2.29. The van der Waals surface area contributed by atoms with Gasteiger partial charge in [-0.25, -0.2) is 0 Å². The van der Waals surface area contributed by atoms with Crippen LogP contribution in [-0.4, -0.2) is 25.5 Å². The van der Waals surface area contributed by atoms with Crippen molar-refractivity contribution in [1.29, 1.82) is 0 Å². The fraction of sp³-hybridized carbons (Fsp3) is 0.462. The molecule has 100 valence electrons. The maximum absolute atomic E-state index is 11.7. The van der Waals surface area contributed by atoms with Crippen LogP contribution < -0.4 is 16.0 Å². The molecule has 0 aliphatic carbocycles. The van der Waals surface area contributed by atoms with Crippen LogP contribution >= 0.6 is 15.9 Å². The lowest BCUT2D eigenvalue weighted by molar-refractivity contribution is -0.120. The maximum atomic E-state index is 11.7. The van der Waals surface area contributed by atoms with Crippen LogP contribution in [0.2, 0.25) is 0 Å². The third-order valence-corrected chi connectivity index (χ3v) is 3.28. The van der Waals surface area contributed by atoms with Gasteiger partial charge in [0.25, 0.3) is 0 Å². The zero-order valence-corrected chi connectivity index (χ0v) is 12.6. The first kappa shape index (κ1) is 15.0. The fourth-order valence-electron chi connectivity index (χ4n) is 1.78. The summed E-state index contributed by atoms with van der Waals surface area (Å²) in [5.41, 5.74) is 7.73. The molecule has 1 amide bonds. The summed E-state index contributed by atoms with van der Waals surface area (Å²) in [4.78, 5) is 13.6. The van der Waals surface area contributed by atoms with Crippen LogP contribution in [0.15, 0.2) is 22.7 Å². The standard InChI is InChI=1S/C13H20BrN3O/c1-9(2)16-13(18)8-17(3)12-6-4-5-11(14)10(12)7-15/h4-6,9H,7-8,15H2,1-3H3,(H,16,18). The largest absolute Gasteiger partial charge is 0.365 e. The van der Waals surface area contributed by atoms with Crippen LogP contribution in [0.5, 0.6) is 0 Å². The van der Waals surface area contributed by atoms with E-state index < -0.39 is 0 Å².